The summed E-state index contributed by atoms with van der Waals surface area (Å²) in [6, 6.07) is 28.6. The third-order valence-corrected chi connectivity index (χ3v) is 7.04. The molecule has 49 heavy (non-hydrogen) atoms. The minimum atomic E-state index is -1.04. The Morgan fingerprint density at radius 3 is 1.69 bits per heavy atom. The molecule has 0 aliphatic carbocycles. The van der Waals surface area contributed by atoms with Crippen molar-refractivity contribution in [2.24, 2.45) is 16.5 Å². The number of epoxide rings is 1. The van der Waals surface area contributed by atoms with Crippen molar-refractivity contribution in [2.45, 2.75) is 50.1 Å². The van der Waals surface area contributed by atoms with Crippen LogP contribution in [-0.2, 0) is 40.2 Å². The summed E-state index contributed by atoms with van der Waals surface area (Å²) in [5.41, 5.74) is 14.2. The third kappa shape index (κ3) is 14.9. The van der Waals surface area contributed by atoms with E-state index in [4.69, 9.17) is 49.2 Å². The summed E-state index contributed by atoms with van der Waals surface area (Å²) in [6.45, 7) is 1.15. The summed E-state index contributed by atoms with van der Waals surface area (Å²) < 4.78 is 11.1. The Hall–Kier alpha value is -5.37. The minimum Gasteiger partial charge on any atom is -0.870 e. The summed E-state index contributed by atoms with van der Waals surface area (Å²) >= 11 is 0. The van der Waals surface area contributed by atoms with E-state index in [-0.39, 0.29) is 36.5 Å². The summed E-state index contributed by atoms with van der Waals surface area (Å²) in [6.07, 6.45) is 1.06. The van der Waals surface area contributed by atoms with Gasteiger partial charge in [-0.1, -0.05) is 72.5 Å². The standard InChI is InChI=1S/C18H18BNO3.2C9H11NO3/c19-18(21)20-16(17-12-23-17)10-14-7-4-8-15(9-14)22-11-13-5-2-1-3-6-13;2*10-8(9(12)13)5-6-2-1-3-7(11)4-6/h1-9,16-17H,10-12H2,(H,20,21);2*1-4,8,11H,5,10H2,(H,12,13)/p-1/t16-,17-;8-;/m11./s1. The van der Waals surface area contributed by atoms with E-state index < -0.39 is 29.8 Å². The number of carbonyl (C=O) groups is 2. The van der Waals surface area contributed by atoms with Gasteiger partial charge in [0.05, 0.1) is 12.6 Å². The lowest BCUT2D eigenvalue weighted by Gasteiger charge is -2.15. The van der Waals surface area contributed by atoms with E-state index in [0.29, 0.717) is 19.6 Å². The zero-order valence-electron chi connectivity index (χ0n) is 26.7. The monoisotopic (exact) mass is 668 g/mol. The van der Waals surface area contributed by atoms with Crippen molar-refractivity contribution in [3.63, 3.8) is 0 Å². The number of phenolic OH excluding ortho intramolecular Hbond substituents is 2. The normalized spacial score (nSPS) is 15.2. The van der Waals surface area contributed by atoms with Gasteiger partial charge in [0.25, 0.3) is 0 Å². The third-order valence-electron chi connectivity index (χ3n) is 7.04. The highest BCUT2D eigenvalue weighted by atomic mass is 16.6. The molecule has 1 saturated heterocycles. The molecule has 8 N–H and O–H groups in total. The fraction of sp³-hybridized carbons (Fsp3) is 0.250. The van der Waals surface area contributed by atoms with E-state index in [1.807, 2.05) is 54.6 Å². The maximum absolute atomic E-state index is 11.0. The van der Waals surface area contributed by atoms with Gasteiger partial charge in [0.15, 0.2) is 0 Å². The highest BCUT2D eigenvalue weighted by molar-refractivity contribution is 6.55. The summed E-state index contributed by atoms with van der Waals surface area (Å²) in [5, 5.41) is 46.2. The molecule has 0 amide bonds. The maximum Gasteiger partial charge on any atom is 0.320 e. The maximum atomic E-state index is 11.0. The van der Waals surface area contributed by atoms with Crippen molar-refractivity contribution in [1.29, 1.82) is 0 Å². The van der Waals surface area contributed by atoms with Crippen molar-refractivity contribution in [1.82, 2.24) is 0 Å². The van der Waals surface area contributed by atoms with Crippen LogP contribution in [0.5, 0.6) is 17.2 Å². The molecule has 0 aromatic heterocycles. The predicted octanol–water partition coefficient (Wildman–Crippen LogP) is 2.15. The molecule has 4 atom stereocenters. The molecule has 5 rings (SSSR count). The Morgan fingerprint density at radius 2 is 1.24 bits per heavy atom. The van der Waals surface area contributed by atoms with Gasteiger partial charge >= 0.3 is 11.9 Å². The molecular weight excluding hydrogens is 629 g/mol. The van der Waals surface area contributed by atoms with Crippen LogP contribution < -0.4 is 21.3 Å². The lowest BCUT2D eigenvalue weighted by molar-refractivity contribution is -0.208. The van der Waals surface area contributed by atoms with Crippen molar-refractivity contribution in [3.8, 4) is 17.2 Å². The highest BCUT2D eigenvalue weighted by Crippen LogP contribution is 2.23. The smallest absolute Gasteiger partial charge is 0.320 e. The number of nitrogens with zero attached hydrogens (tertiary/aromatic N) is 1. The van der Waals surface area contributed by atoms with Crippen LogP contribution in [0.4, 0.5) is 0 Å². The number of aliphatic carboxylic acids is 2. The van der Waals surface area contributed by atoms with Crippen molar-refractivity contribution >= 4 is 25.6 Å². The first kappa shape index (κ1) is 38.1. The number of benzene rings is 4. The summed E-state index contributed by atoms with van der Waals surface area (Å²) in [4.78, 5) is 24.7. The van der Waals surface area contributed by atoms with Gasteiger partial charge in [0.1, 0.15) is 49.9 Å². The lowest BCUT2D eigenvalue weighted by atomic mass is 10.0. The Bertz CT molecular complexity index is 1600. The van der Waals surface area contributed by atoms with Gasteiger partial charge < -0.3 is 51.5 Å². The average Bonchev–Trinajstić information content (AvgIpc) is 3.91. The van der Waals surface area contributed by atoms with Gasteiger partial charge in [-0.15, -0.1) is 0 Å². The van der Waals surface area contributed by atoms with E-state index in [1.165, 1.54) is 24.3 Å². The average molecular weight is 669 g/mol. The van der Waals surface area contributed by atoms with E-state index in [2.05, 4.69) is 4.99 Å². The molecule has 1 heterocycles. The van der Waals surface area contributed by atoms with Crippen molar-refractivity contribution < 1.29 is 44.6 Å². The number of aromatic hydroxyl groups is 2. The van der Waals surface area contributed by atoms with Crippen LogP contribution >= 0.6 is 0 Å². The molecular formula is C36H39BN3O9-. The lowest BCUT2D eigenvalue weighted by Crippen LogP contribution is -2.32. The summed E-state index contributed by atoms with van der Waals surface area (Å²) in [5.74, 6) is -1.69. The Kier molecular flexibility index (Phi) is 15.1. The second kappa shape index (κ2) is 19.5. The van der Waals surface area contributed by atoms with Crippen LogP contribution in [0.1, 0.15) is 22.3 Å². The van der Waals surface area contributed by atoms with Crippen LogP contribution in [0.3, 0.4) is 0 Å². The van der Waals surface area contributed by atoms with E-state index >= 15 is 0 Å². The zero-order chi connectivity index (χ0) is 35.8. The number of carboxylic acid groups (broad SMARTS) is 2. The SMILES string of the molecule is NC(Cc1cccc(O)c1)C(=O)O.N[C@H](Cc1cccc(O)c1)C(=O)O.[B]C([O-])=N[C@H](Cc1cccc(OCc2ccccc2)c1)[C@H]1CO1. The quantitative estimate of drug-likeness (QED) is 0.0524. The highest BCUT2D eigenvalue weighted by Gasteiger charge is 2.32. The molecule has 256 valence electrons. The topological polar surface area (TPSA) is 224 Å². The molecule has 13 heteroatoms. The molecule has 1 unspecified atom stereocenters. The number of rotatable bonds is 13. The molecule has 0 saturated carbocycles. The van der Waals surface area contributed by atoms with Crippen LogP contribution in [-0.4, -0.2) is 76.8 Å². The Balaban J connectivity index is 0.000000215. The van der Waals surface area contributed by atoms with Crippen molar-refractivity contribution in [3.05, 3.63) is 125 Å². The van der Waals surface area contributed by atoms with Crippen LogP contribution in [0.25, 0.3) is 0 Å². The molecule has 1 aliphatic heterocycles. The molecule has 4 aromatic rings. The summed E-state index contributed by atoms with van der Waals surface area (Å²) in [7, 11) is 5.17. The zero-order valence-corrected chi connectivity index (χ0v) is 26.7. The molecule has 0 bridgehead atoms. The van der Waals surface area contributed by atoms with Gasteiger partial charge in [0, 0.05) is 0 Å². The number of hydrogen-bond donors (Lipinski definition) is 6. The minimum absolute atomic E-state index is 0.00334. The van der Waals surface area contributed by atoms with Crippen LogP contribution in [0.2, 0.25) is 0 Å². The first-order valence-electron chi connectivity index (χ1n) is 15.3. The molecule has 0 spiro atoms. The van der Waals surface area contributed by atoms with Crippen molar-refractivity contribution in [2.75, 3.05) is 6.61 Å². The first-order chi connectivity index (χ1) is 23.4. The predicted molar refractivity (Wildman–Crippen MR) is 182 cm³/mol. The fourth-order valence-corrected chi connectivity index (χ4v) is 4.50. The molecule has 1 aliphatic rings. The number of phenols is 2. The molecule has 4 aromatic carbocycles. The number of aliphatic imine (C=N–C) groups is 1. The Morgan fingerprint density at radius 1 is 0.776 bits per heavy atom. The molecule has 2 radical (unpaired) electrons. The molecule has 12 nitrogen and oxygen atoms in total. The fourth-order valence-electron chi connectivity index (χ4n) is 4.50. The number of hydrogen-bond acceptors (Lipinski definition) is 10. The molecule has 1 fully saturated rings. The largest absolute Gasteiger partial charge is 0.870 e. The van der Waals surface area contributed by atoms with Crippen LogP contribution in [0, 0.1) is 0 Å². The second-order valence-electron chi connectivity index (χ2n) is 11.2. The van der Waals surface area contributed by atoms with E-state index in [1.54, 1.807) is 24.3 Å². The van der Waals surface area contributed by atoms with E-state index in [0.717, 1.165) is 28.0 Å². The second-order valence-corrected chi connectivity index (χ2v) is 11.2. The number of nitrogens with two attached hydrogens (primary N) is 2. The van der Waals surface area contributed by atoms with Gasteiger partial charge in [-0.3, -0.25) is 9.59 Å². The van der Waals surface area contributed by atoms with Gasteiger partial charge in [-0.25, -0.2) is 0 Å². The van der Waals surface area contributed by atoms with Crippen LogP contribution in [0.15, 0.2) is 108 Å². The Labute approximate surface area is 285 Å². The number of carboxylic acids is 2. The van der Waals surface area contributed by atoms with Gasteiger partial charge in [-0.2, -0.15) is 0 Å². The van der Waals surface area contributed by atoms with Gasteiger partial charge in [0.2, 0.25) is 0 Å². The van der Waals surface area contributed by atoms with Gasteiger partial charge in [-0.05, 0) is 77.9 Å². The van der Waals surface area contributed by atoms with E-state index in [9.17, 15) is 14.7 Å². The first-order valence-corrected chi connectivity index (χ1v) is 15.3. The number of ether oxygens (including phenoxy) is 2.